The quantitative estimate of drug-likeness (QED) is 0.214. The summed E-state index contributed by atoms with van der Waals surface area (Å²) in [5.74, 6) is -2.23. The monoisotopic (exact) mass is 408 g/mol. The highest BCUT2D eigenvalue weighted by atomic mass is 16.8. The van der Waals surface area contributed by atoms with Gasteiger partial charge in [-0.15, -0.1) is 0 Å². The molecule has 0 spiro atoms. The van der Waals surface area contributed by atoms with Gasteiger partial charge in [-0.2, -0.15) is 0 Å². The summed E-state index contributed by atoms with van der Waals surface area (Å²) in [6.45, 7) is -1.91. The summed E-state index contributed by atoms with van der Waals surface area (Å²) in [5, 5.41) is 69.3. The van der Waals surface area contributed by atoms with Crippen molar-refractivity contribution in [1.82, 2.24) is 9.97 Å². The number of aromatic nitrogens is 2. The van der Waals surface area contributed by atoms with Gasteiger partial charge in [-0.1, -0.05) is 0 Å². The van der Waals surface area contributed by atoms with E-state index in [1.165, 1.54) is 12.4 Å². The fraction of sp³-hybridized carbons (Fsp3) is 0.800. The normalized spacial score (nSPS) is 44.0. The van der Waals surface area contributed by atoms with Crippen LogP contribution < -0.4 is 4.74 Å². The van der Waals surface area contributed by atoms with Crippen molar-refractivity contribution in [3.63, 3.8) is 0 Å². The van der Waals surface area contributed by atoms with Crippen LogP contribution in [0.2, 0.25) is 0 Å². The van der Waals surface area contributed by atoms with Crippen LogP contribution in [-0.2, 0) is 14.2 Å². The summed E-state index contributed by atoms with van der Waals surface area (Å²) in [7, 11) is 0. The lowest BCUT2D eigenvalue weighted by atomic mass is 9.99. The van der Waals surface area contributed by atoms with Gasteiger partial charge in [0, 0.05) is 12.4 Å². The highest BCUT2D eigenvalue weighted by Crippen LogP contribution is 2.36. The molecule has 0 saturated carbocycles. The first kappa shape index (κ1) is 21.3. The Labute approximate surface area is 158 Å². The van der Waals surface area contributed by atoms with Gasteiger partial charge in [-0.05, 0) is 0 Å². The molecular weight excluding hydrogens is 384 g/mol. The number of imidazole rings is 1. The second-order valence-corrected chi connectivity index (χ2v) is 6.58. The fourth-order valence-corrected chi connectivity index (χ4v) is 3.11. The van der Waals surface area contributed by atoms with Gasteiger partial charge in [0.15, 0.2) is 6.29 Å². The minimum Gasteiger partial charge on any atom is -0.462 e. The molecule has 0 aromatic carbocycles. The van der Waals surface area contributed by atoms with E-state index in [-0.39, 0.29) is 12.6 Å². The molecule has 0 aliphatic carbocycles. The topological polar surface area (TPSA) is 207 Å². The van der Waals surface area contributed by atoms with Crippen LogP contribution in [0.15, 0.2) is 12.4 Å². The summed E-state index contributed by atoms with van der Waals surface area (Å²) in [6, 6.07) is 0.129. The van der Waals surface area contributed by atoms with E-state index < -0.39 is 68.0 Å². The van der Waals surface area contributed by atoms with E-state index in [0.717, 1.165) is 0 Å². The number of hydrogen-bond donors (Lipinski definition) is 8. The van der Waals surface area contributed by atoms with Gasteiger partial charge in [-0.25, -0.2) is 4.98 Å². The largest absolute Gasteiger partial charge is 0.462 e. The van der Waals surface area contributed by atoms with Crippen LogP contribution >= 0.6 is 0 Å². The van der Waals surface area contributed by atoms with Crippen LogP contribution in [0, 0.1) is 0 Å². The van der Waals surface area contributed by atoms with Crippen molar-refractivity contribution >= 4 is 0 Å². The third kappa shape index (κ3) is 3.86. The lowest BCUT2D eigenvalue weighted by molar-refractivity contribution is -0.383. The SMILES string of the molecule is OC[C@H]1O[C@@](CO)(O[C@H]2O[C@H](COc3ncc[nH]3)[C@@H](O)[C@H](O)[C@H]2O)[C@@H](O)[C@@H]1O. The van der Waals surface area contributed by atoms with Crippen molar-refractivity contribution in [1.29, 1.82) is 0 Å². The molecule has 2 saturated heterocycles. The van der Waals surface area contributed by atoms with Gasteiger partial charge < -0.3 is 59.7 Å². The molecule has 2 aliphatic heterocycles. The van der Waals surface area contributed by atoms with Crippen molar-refractivity contribution in [3.8, 4) is 6.01 Å². The van der Waals surface area contributed by atoms with E-state index in [9.17, 15) is 35.7 Å². The van der Waals surface area contributed by atoms with Gasteiger partial charge in [0.25, 0.3) is 6.01 Å². The van der Waals surface area contributed by atoms with Crippen LogP contribution in [0.25, 0.3) is 0 Å². The molecule has 0 amide bonds. The second-order valence-electron chi connectivity index (χ2n) is 6.58. The zero-order valence-corrected chi connectivity index (χ0v) is 14.6. The molecule has 1 aromatic rings. The number of hydrogen-bond acceptors (Lipinski definition) is 12. The summed E-state index contributed by atoms with van der Waals surface area (Å²) < 4.78 is 21.3. The van der Waals surface area contributed by atoms with Crippen molar-refractivity contribution in [2.45, 2.75) is 54.8 Å². The molecule has 3 rings (SSSR count). The maximum Gasteiger partial charge on any atom is 0.293 e. The van der Waals surface area contributed by atoms with E-state index in [0.29, 0.717) is 0 Å². The Morgan fingerprint density at radius 2 is 1.79 bits per heavy atom. The first-order chi connectivity index (χ1) is 13.3. The molecule has 160 valence electrons. The molecule has 1 aromatic heterocycles. The minimum atomic E-state index is -2.23. The molecular formula is C15H24N2O11. The van der Waals surface area contributed by atoms with Crippen LogP contribution in [0.4, 0.5) is 0 Å². The number of nitrogens with one attached hydrogen (secondary N) is 1. The zero-order valence-electron chi connectivity index (χ0n) is 14.6. The molecule has 13 nitrogen and oxygen atoms in total. The van der Waals surface area contributed by atoms with E-state index in [1.54, 1.807) is 0 Å². The Morgan fingerprint density at radius 1 is 1.04 bits per heavy atom. The highest BCUT2D eigenvalue weighted by molar-refractivity contribution is 4.99. The molecule has 9 atom stereocenters. The van der Waals surface area contributed by atoms with Gasteiger partial charge in [0.1, 0.15) is 55.9 Å². The lowest BCUT2D eigenvalue weighted by Crippen LogP contribution is -2.63. The van der Waals surface area contributed by atoms with Crippen LogP contribution in [-0.4, -0.2) is 120 Å². The molecule has 0 bridgehead atoms. The molecule has 3 heterocycles. The second kappa shape index (κ2) is 8.54. The van der Waals surface area contributed by atoms with Crippen LogP contribution in [0.5, 0.6) is 6.01 Å². The van der Waals surface area contributed by atoms with Crippen molar-refractivity contribution in [2.24, 2.45) is 0 Å². The number of aliphatic hydroxyl groups excluding tert-OH is 7. The number of nitrogens with zero attached hydrogens (tertiary/aromatic N) is 1. The number of aromatic amines is 1. The van der Waals surface area contributed by atoms with Gasteiger partial charge >= 0.3 is 0 Å². The van der Waals surface area contributed by atoms with Gasteiger partial charge in [-0.3, -0.25) is 0 Å². The maximum atomic E-state index is 10.2. The molecule has 8 N–H and O–H groups in total. The van der Waals surface area contributed by atoms with E-state index >= 15 is 0 Å². The molecule has 2 fully saturated rings. The first-order valence-electron chi connectivity index (χ1n) is 8.58. The Balaban J connectivity index is 1.72. The van der Waals surface area contributed by atoms with Crippen molar-refractivity contribution < 1.29 is 54.7 Å². The van der Waals surface area contributed by atoms with Gasteiger partial charge in [0.2, 0.25) is 5.79 Å². The van der Waals surface area contributed by atoms with Gasteiger partial charge in [0.05, 0.1) is 6.61 Å². The number of H-pyrrole nitrogens is 1. The van der Waals surface area contributed by atoms with E-state index in [2.05, 4.69) is 9.97 Å². The standard InChI is InChI=1S/C15H24N2O11/c18-3-6-9(21)12(24)15(5-19,27-6)28-13-11(23)10(22)8(20)7(26-13)4-25-14-16-1-2-17-14/h1-2,6-13,18-24H,3-5H2,(H,16,17)/t6-,7-,8-,9-,10+,11-,12+,13-,15+/m1/s1. The van der Waals surface area contributed by atoms with Crippen molar-refractivity contribution in [3.05, 3.63) is 12.4 Å². The average Bonchev–Trinajstić information content (AvgIpc) is 3.30. The highest BCUT2D eigenvalue weighted by Gasteiger charge is 2.58. The summed E-state index contributed by atoms with van der Waals surface area (Å²) in [5.41, 5.74) is 0. The molecule has 0 unspecified atom stereocenters. The molecule has 13 heteroatoms. The molecule has 28 heavy (non-hydrogen) atoms. The predicted octanol–water partition coefficient (Wildman–Crippen LogP) is -4.59. The Bertz CT molecular complexity index is 619. The third-order valence-electron chi connectivity index (χ3n) is 4.75. The Morgan fingerprint density at radius 3 is 2.36 bits per heavy atom. The number of aliphatic hydroxyl groups is 7. The molecule has 0 radical (unpaired) electrons. The van der Waals surface area contributed by atoms with E-state index in [1.807, 2.05) is 0 Å². The fourth-order valence-electron chi connectivity index (χ4n) is 3.11. The number of ether oxygens (including phenoxy) is 4. The van der Waals surface area contributed by atoms with E-state index in [4.69, 9.17) is 18.9 Å². The minimum absolute atomic E-state index is 0.129. The summed E-state index contributed by atoms with van der Waals surface area (Å²) in [6.07, 6.45) is -9.56. The predicted molar refractivity (Wildman–Crippen MR) is 85.6 cm³/mol. The maximum absolute atomic E-state index is 10.2. The summed E-state index contributed by atoms with van der Waals surface area (Å²) >= 11 is 0. The smallest absolute Gasteiger partial charge is 0.293 e. The third-order valence-corrected chi connectivity index (χ3v) is 4.75. The average molecular weight is 408 g/mol. The van der Waals surface area contributed by atoms with Crippen LogP contribution in [0.3, 0.4) is 0 Å². The van der Waals surface area contributed by atoms with Crippen LogP contribution in [0.1, 0.15) is 0 Å². The van der Waals surface area contributed by atoms with Crippen molar-refractivity contribution in [2.75, 3.05) is 19.8 Å². The zero-order chi connectivity index (χ0) is 20.5. The lowest BCUT2D eigenvalue weighted by Gasteiger charge is -2.43. The number of rotatable bonds is 7. The summed E-state index contributed by atoms with van der Waals surface area (Å²) in [4.78, 5) is 6.49. The Hall–Kier alpha value is -1.39. The molecule has 2 aliphatic rings. The first-order valence-corrected chi connectivity index (χ1v) is 8.58. The Kier molecular flexibility index (Phi) is 6.51.